The number of nitrogens with two attached hydrogens (primary N) is 1. The van der Waals surface area contributed by atoms with Crippen molar-refractivity contribution in [2.24, 2.45) is 11.1 Å². The van der Waals surface area contributed by atoms with E-state index in [2.05, 4.69) is 10.3 Å². The molecule has 106 valence electrons. The van der Waals surface area contributed by atoms with Gasteiger partial charge in [-0.05, 0) is 5.41 Å². The molecule has 1 heterocycles. The van der Waals surface area contributed by atoms with E-state index < -0.39 is 5.97 Å². The molecule has 1 amide bonds. The standard InChI is InChI=1S/C12H19N3O3S/c1-12(2,3)8(13)4-9(16)14-5-10-15-7(6-19-10)11(17)18/h6,8H,4-5,13H2,1-3H3,(H,14,16)(H,17,18). The van der Waals surface area contributed by atoms with Gasteiger partial charge in [-0.25, -0.2) is 9.78 Å². The summed E-state index contributed by atoms with van der Waals surface area (Å²) < 4.78 is 0. The van der Waals surface area contributed by atoms with Gasteiger partial charge >= 0.3 is 5.97 Å². The highest BCUT2D eigenvalue weighted by Crippen LogP contribution is 2.19. The average Bonchev–Trinajstić information content (AvgIpc) is 2.73. The number of rotatable bonds is 5. The summed E-state index contributed by atoms with van der Waals surface area (Å²) in [5.41, 5.74) is 5.78. The van der Waals surface area contributed by atoms with Gasteiger partial charge in [0.15, 0.2) is 5.69 Å². The van der Waals surface area contributed by atoms with Crippen LogP contribution in [0.3, 0.4) is 0 Å². The molecule has 0 saturated heterocycles. The molecule has 1 atom stereocenters. The van der Waals surface area contributed by atoms with Gasteiger partial charge in [-0.2, -0.15) is 0 Å². The number of nitrogens with one attached hydrogen (secondary N) is 1. The highest BCUT2D eigenvalue weighted by atomic mass is 32.1. The fourth-order valence-electron chi connectivity index (χ4n) is 1.24. The number of thiazole rings is 1. The molecule has 1 rings (SSSR count). The fraction of sp³-hybridized carbons (Fsp3) is 0.583. The van der Waals surface area contributed by atoms with Gasteiger partial charge in [0.2, 0.25) is 5.91 Å². The Hall–Kier alpha value is -1.47. The first-order chi connectivity index (χ1) is 8.70. The molecule has 0 aliphatic carbocycles. The molecule has 4 N–H and O–H groups in total. The van der Waals surface area contributed by atoms with Crippen molar-refractivity contribution in [2.75, 3.05) is 0 Å². The molecule has 1 aromatic heterocycles. The Kier molecular flexibility index (Phi) is 5.02. The molecule has 6 nitrogen and oxygen atoms in total. The Bertz CT molecular complexity index is 465. The van der Waals surface area contributed by atoms with Gasteiger partial charge in [0, 0.05) is 17.8 Å². The Morgan fingerprint density at radius 1 is 1.53 bits per heavy atom. The predicted molar refractivity (Wildman–Crippen MR) is 73.0 cm³/mol. The number of hydrogen-bond acceptors (Lipinski definition) is 5. The number of carboxylic acids is 1. The second kappa shape index (κ2) is 6.12. The van der Waals surface area contributed by atoms with Gasteiger partial charge in [0.1, 0.15) is 5.01 Å². The summed E-state index contributed by atoms with van der Waals surface area (Å²) in [6.45, 7) is 6.16. The van der Waals surface area contributed by atoms with Gasteiger partial charge in [-0.15, -0.1) is 11.3 Å². The highest BCUT2D eigenvalue weighted by Gasteiger charge is 2.23. The molecule has 0 bridgehead atoms. The molecule has 7 heteroatoms. The van der Waals surface area contributed by atoms with Crippen molar-refractivity contribution in [3.63, 3.8) is 0 Å². The van der Waals surface area contributed by atoms with Crippen LogP contribution < -0.4 is 11.1 Å². The van der Waals surface area contributed by atoms with Crippen LogP contribution in [0.25, 0.3) is 0 Å². The summed E-state index contributed by atoms with van der Waals surface area (Å²) in [6, 6.07) is -0.224. The largest absolute Gasteiger partial charge is 0.476 e. The molecule has 0 aliphatic heterocycles. The Morgan fingerprint density at radius 3 is 2.63 bits per heavy atom. The van der Waals surface area contributed by atoms with Crippen LogP contribution in [0.2, 0.25) is 0 Å². The maximum atomic E-state index is 11.7. The van der Waals surface area contributed by atoms with Crippen molar-refractivity contribution >= 4 is 23.2 Å². The zero-order valence-corrected chi connectivity index (χ0v) is 12.1. The molecule has 0 radical (unpaired) electrons. The van der Waals surface area contributed by atoms with E-state index in [0.29, 0.717) is 5.01 Å². The van der Waals surface area contributed by atoms with E-state index in [-0.39, 0.29) is 36.0 Å². The maximum absolute atomic E-state index is 11.7. The lowest BCUT2D eigenvalue weighted by molar-refractivity contribution is -0.122. The van der Waals surface area contributed by atoms with Crippen molar-refractivity contribution in [3.8, 4) is 0 Å². The number of aromatic carboxylic acids is 1. The molecular weight excluding hydrogens is 266 g/mol. The van der Waals surface area contributed by atoms with Crippen molar-refractivity contribution < 1.29 is 14.7 Å². The van der Waals surface area contributed by atoms with Crippen LogP contribution in [0.5, 0.6) is 0 Å². The first kappa shape index (κ1) is 15.6. The molecule has 1 unspecified atom stereocenters. The van der Waals surface area contributed by atoms with Gasteiger partial charge in [0.05, 0.1) is 6.54 Å². The summed E-state index contributed by atoms with van der Waals surface area (Å²) in [4.78, 5) is 26.2. The quantitative estimate of drug-likeness (QED) is 0.754. The van der Waals surface area contributed by atoms with E-state index in [9.17, 15) is 9.59 Å². The molecule has 0 saturated carbocycles. The van der Waals surface area contributed by atoms with E-state index in [1.807, 2.05) is 20.8 Å². The molecule has 0 aromatic carbocycles. The Balaban J connectivity index is 2.44. The fourth-order valence-corrected chi connectivity index (χ4v) is 1.95. The van der Waals surface area contributed by atoms with Crippen LogP contribution in [0.1, 0.15) is 42.7 Å². The van der Waals surface area contributed by atoms with Crippen molar-refractivity contribution in [1.29, 1.82) is 0 Å². The first-order valence-electron chi connectivity index (χ1n) is 5.90. The normalized spacial score (nSPS) is 13.1. The van der Waals surface area contributed by atoms with Gasteiger partial charge in [-0.3, -0.25) is 4.79 Å². The third-order valence-electron chi connectivity index (χ3n) is 2.73. The predicted octanol–water partition coefficient (Wildman–Crippen LogP) is 1.22. The second-order valence-electron chi connectivity index (χ2n) is 5.39. The van der Waals surface area contributed by atoms with E-state index >= 15 is 0 Å². The summed E-state index contributed by atoms with van der Waals surface area (Å²) in [7, 11) is 0. The molecule has 19 heavy (non-hydrogen) atoms. The Morgan fingerprint density at radius 2 is 2.16 bits per heavy atom. The van der Waals surface area contributed by atoms with Gasteiger partial charge < -0.3 is 16.2 Å². The topological polar surface area (TPSA) is 105 Å². The van der Waals surface area contributed by atoms with Crippen LogP contribution in [0.15, 0.2) is 5.38 Å². The molecule has 1 aromatic rings. The molecule has 0 aliphatic rings. The molecule has 0 spiro atoms. The minimum atomic E-state index is -1.07. The SMILES string of the molecule is CC(C)(C)C(N)CC(=O)NCc1nc(C(=O)O)cs1. The summed E-state index contributed by atoms with van der Waals surface area (Å²) >= 11 is 1.21. The molecular formula is C12H19N3O3S. The van der Waals surface area contributed by atoms with Crippen LogP contribution >= 0.6 is 11.3 Å². The lowest BCUT2D eigenvalue weighted by atomic mass is 9.85. The van der Waals surface area contributed by atoms with Gasteiger partial charge in [-0.1, -0.05) is 20.8 Å². The smallest absolute Gasteiger partial charge is 0.355 e. The monoisotopic (exact) mass is 285 g/mol. The summed E-state index contributed by atoms with van der Waals surface area (Å²) in [5.74, 6) is -1.22. The van der Waals surface area contributed by atoms with Crippen LogP contribution in [0.4, 0.5) is 0 Å². The minimum absolute atomic E-state index is 0.000594. The number of amides is 1. The highest BCUT2D eigenvalue weighted by molar-refractivity contribution is 7.09. The lowest BCUT2D eigenvalue weighted by Crippen LogP contribution is -2.40. The minimum Gasteiger partial charge on any atom is -0.476 e. The van der Waals surface area contributed by atoms with Crippen molar-refractivity contribution in [3.05, 3.63) is 16.1 Å². The van der Waals surface area contributed by atoms with E-state index in [1.54, 1.807) is 0 Å². The third kappa shape index (κ3) is 4.96. The zero-order chi connectivity index (χ0) is 14.6. The first-order valence-corrected chi connectivity index (χ1v) is 6.78. The van der Waals surface area contributed by atoms with Crippen LogP contribution in [0, 0.1) is 5.41 Å². The van der Waals surface area contributed by atoms with Crippen LogP contribution in [-0.2, 0) is 11.3 Å². The van der Waals surface area contributed by atoms with Crippen molar-refractivity contribution in [2.45, 2.75) is 39.8 Å². The van der Waals surface area contributed by atoms with E-state index in [4.69, 9.17) is 10.8 Å². The van der Waals surface area contributed by atoms with Crippen molar-refractivity contribution in [1.82, 2.24) is 10.3 Å². The number of nitrogens with zero attached hydrogens (tertiary/aromatic N) is 1. The second-order valence-corrected chi connectivity index (χ2v) is 6.33. The average molecular weight is 285 g/mol. The van der Waals surface area contributed by atoms with Crippen LogP contribution in [-0.4, -0.2) is 28.0 Å². The lowest BCUT2D eigenvalue weighted by Gasteiger charge is -2.26. The zero-order valence-electron chi connectivity index (χ0n) is 11.3. The number of carboxylic acid groups (broad SMARTS) is 1. The third-order valence-corrected chi connectivity index (χ3v) is 3.57. The molecule has 0 fully saturated rings. The maximum Gasteiger partial charge on any atom is 0.355 e. The Labute approximate surface area is 116 Å². The number of carbonyl (C=O) groups is 2. The number of aromatic nitrogens is 1. The summed E-state index contributed by atoms with van der Waals surface area (Å²) in [5, 5.41) is 13.4. The van der Waals surface area contributed by atoms with Gasteiger partial charge in [0.25, 0.3) is 0 Å². The van der Waals surface area contributed by atoms with E-state index in [0.717, 1.165) is 0 Å². The van der Waals surface area contributed by atoms with E-state index in [1.165, 1.54) is 16.7 Å². The summed E-state index contributed by atoms with van der Waals surface area (Å²) in [6.07, 6.45) is 0.237. The number of carbonyl (C=O) groups excluding carboxylic acids is 1. The number of hydrogen-bond donors (Lipinski definition) is 3.